The smallest absolute Gasteiger partial charge is 0.303 e. The van der Waals surface area contributed by atoms with Crippen molar-refractivity contribution in [1.82, 2.24) is 24.7 Å². The van der Waals surface area contributed by atoms with Crippen molar-refractivity contribution in [2.45, 2.75) is 45.5 Å². The Labute approximate surface area is 153 Å². The summed E-state index contributed by atoms with van der Waals surface area (Å²) >= 11 is 0. The molecule has 0 radical (unpaired) electrons. The zero-order valence-corrected chi connectivity index (χ0v) is 15.1. The molecule has 1 aliphatic rings. The molecule has 9 heteroatoms. The van der Waals surface area contributed by atoms with Crippen molar-refractivity contribution in [2.75, 3.05) is 5.32 Å². The van der Waals surface area contributed by atoms with E-state index in [0.717, 1.165) is 30.8 Å². The Morgan fingerprint density at radius 2 is 2.04 bits per heavy atom. The summed E-state index contributed by atoms with van der Waals surface area (Å²) in [6, 6.07) is 3.29. The van der Waals surface area contributed by atoms with Gasteiger partial charge in [-0.05, 0) is 19.8 Å². The van der Waals surface area contributed by atoms with Gasteiger partial charge in [0.2, 0.25) is 11.7 Å². The van der Waals surface area contributed by atoms with Gasteiger partial charge in [0.1, 0.15) is 5.82 Å². The van der Waals surface area contributed by atoms with E-state index in [1.54, 1.807) is 25.3 Å². The maximum atomic E-state index is 13.8. The van der Waals surface area contributed by atoms with Gasteiger partial charge in [0.15, 0.2) is 5.82 Å². The number of aryl methyl sites for hydroxylation is 1. The van der Waals surface area contributed by atoms with Gasteiger partial charge in [0.25, 0.3) is 0 Å². The number of fused-ring (bicyclic) bond motifs is 1. The zero-order valence-electron chi connectivity index (χ0n) is 15.1. The van der Waals surface area contributed by atoms with Crippen LogP contribution in [0.2, 0.25) is 0 Å². The lowest BCUT2D eigenvalue weighted by Gasteiger charge is -2.12. The van der Waals surface area contributed by atoms with Crippen LogP contribution in [0.15, 0.2) is 18.3 Å². The van der Waals surface area contributed by atoms with E-state index >= 15 is 0 Å². The number of hydrogen-bond acceptors (Lipinski definition) is 5. The molecule has 0 aliphatic heterocycles. The molecule has 4 rings (SSSR count). The average molecular weight is 372 g/mol. The van der Waals surface area contributed by atoms with Crippen molar-refractivity contribution in [2.24, 2.45) is 0 Å². The predicted octanol–water partition coefficient (Wildman–Crippen LogP) is 3.47. The summed E-state index contributed by atoms with van der Waals surface area (Å²) in [6.07, 6.45) is 3.71. The van der Waals surface area contributed by atoms with Crippen LogP contribution in [-0.2, 0) is 10.7 Å². The Bertz CT molecular complexity index is 1050. The van der Waals surface area contributed by atoms with E-state index in [1.165, 1.54) is 11.6 Å². The molecule has 0 atom stereocenters. The molecule has 1 aliphatic carbocycles. The third kappa shape index (κ3) is 3.36. The largest absolute Gasteiger partial charge is 0.311 e. The van der Waals surface area contributed by atoms with Crippen molar-refractivity contribution in [3.8, 4) is 5.82 Å². The number of alkyl halides is 2. The monoisotopic (exact) mass is 372 g/mol. The van der Waals surface area contributed by atoms with Gasteiger partial charge in [-0.25, -0.2) is 19.6 Å². The fraction of sp³-hybridized carbons (Fsp3) is 0.389. The van der Waals surface area contributed by atoms with Crippen LogP contribution in [0.1, 0.15) is 49.8 Å². The number of rotatable bonds is 4. The normalized spacial score (nSPS) is 14.6. The molecule has 7 nitrogen and oxygen atoms in total. The van der Waals surface area contributed by atoms with Crippen LogP contribution in [0.4, 0.5) is 14.6 Å². The molecule has 3 heterocycles. The quantitative estimate of drug-likeness (QED) is 0.758. The van der Waals surface area contributed by atoms with Crippen LogP contribution in [0.25, 0.3) is 16.7 Å². The molecule has 140 valence electrons. The molecule has 0 spiro atoms. The lowest BCUT2D eigenvalue weighted by molar-refractivity contribution is -0.114. The van der Waals surface area contributed by atoms with Crippen LogP contribution in [0.5, 0.6) is 0 Å². The fourth-order valence-electron chi connectivity index (χ4n) is 2.97. The minimum atomic E-state index is -3.16. The van der Waals surface area contributed by atoms with E-state index in [9.17, 15) is 13.6 Å². The van der Waals surface area contributed by atoms with Gasteiger partial charge in [-0.15, -0.1) is 0 Å². The average Bonchev–Trinajstić information content (AvgIpc) is 3.34. The van der Waals surface area contributed by atoms with E-state index < -0.39 is 11.7 Å². The van der Waals surface area contributed by atoms with Gasteiger partial charge in [-0.2, -0.15) is 13.9 Å². The second-order valence-electron chi connectivity index (χ2n) is 6.92. The first kappa shape index (κ1) is 17.4. The Hall–Kier alpha value is -2.97. The molecule has 1 saturated carbocycles. The minimum absolute atomic E-state index is 0.249. The van der Waals surface area contributed by atoms with Crippen molar-refractivity contribution in [3.63, 3.8) is 0 Å². The number of hydrogen-bond donors (Lipinski definition) is 1. The number of halogens is 2. The first-order valence-electron chi connectivity index (χ1n) is 8.63. The fourth-order valence-corrected chi connectivity index (χ4v) is 2.97. The highest BCUT2D eigenvalue weighted by Crippen LogP contribution is 2.43. The van der Waals surface area contributed by atoms with E-state index in [2.05, 4.69) is 25.4 Å². The van der Waals surface area contributed by atoms with E-state index in [-0.39, 0.29) is 11.7 Å². The molecular weight excluding hydrogens is 354 g/mol. The molecule has 0 saturated heterocycles. The highest BCUT2D eigenvalue weighted by atomic mass is 19.3. The highest BCUT2D eigenvalue weighted by Gasteiger charge is 2.32. The van der Waals surface area contributed by atoms with Crippen LogP contribution < -0.4 is 5.32 Å². The lowest BCUT2D eigenvalue weighted by atomic mass is 10.2. The third-order valence-corrected chi connectivity index (χ3v) is 4.31. The van der Waals surface area contributed by atoms with Gasteiger partial charge in [-0.1, -0.05) is 0 Å². The predicted molar refractivity (Wildman–Crippen MR) is 95.0 cm³/mol. The Morgan fingerprint density at radius 3 is 2.67 bits per heavy atom. The molecule has 1 fully saturated rings. The zero-order chi connectivity index (χ0) is 19.3. The van der Waals surface area contributed by atoms with Gasteiger partial charge in [0.05, 0.1) is 11.2 Å². The van der Waals surface area contributed by atoms with Crippen LogP contribution in [-0.4, -0.2) is 30.6 Å². The molecule has 27 heavy (non-hydrogen) atoms. The number of carbonyl (C=O) groups excluding carboxylic acids is 1. The van der Waals surface area contributed by atoms with Crippen molar-refractivity contribution >= 4 is 22.6 Å². The summed E-state index contributed by atoms with van der Waals surface area (Å²) in [5.74, 6) is -3.00. The summed E-state index contributed by atoms with van der Waals surface area (Å²) in [4.78, 5) is 23.5. The maximum absolute atomic E-state index is 13.8. The number of nitrogens with one attached hydrogen (secondary N) is 1. The number of aromatic nitrogens is 5. The standard InChI is InChI=1S/C18H18F2N6O/c1-9-6-15(24-17(22-9)18(3,19)20)26-13-7-14(23-10(2)27)21-8-12(13)16(25-26)11-4-5-11/h6-8,11H,4-5H2,1-3H3,(H,21,23,27). The van der Waals surface area contributed by atoms with E-state index in [0.29, 0.717) is 22.9 Å². The van der Waals surface area contributed by atoms with Gasteiger partial charge < -0.3 is 5.32 Å². The number of amides is 1. The maximum Gasteiger partial charge on any atom is 0.303 e. The van der Waals surface area contributed by atoms with Gasteiger partial charge >= 0.3 is 5.92 Å². The lowest BCUT2D eigenvalue weighted by Crippen LogP contribution is -2.16. The number of carbonyl (C=O) groups is 1. The van der Waals surface area contributed by atoms with Crippen LogP contribution >= 0.6 is 0 Å². The summed E-state index contributed by atoms with van der Waals surface area (Å²) in [6.45, 7) is 3.79. The first-order chi connectivity index (χ1) is 12.7. The van der Waals surface area contributed by atoms with Gasteiger partial charge in [0, 0.05) is 49.2 Å². The molecule has 3 aromatic heterocycles. The van der Waals surface area contributed by atoms with E-state index in [1.807, 2.05) is 0 Å². The van der Waals surface area contributed by atoms with Crippen LogP contribution in [0.3, 0.4) is 0 Å². The molecule has 0 bridgehead atoms. The number of anilines is 1. The van der Waals surface area contributed by atoms with Crippen molar-refractivity contribution < 1.29 is 13.6 Å². The second-order valence-corrected chi connectivity index (χ2v) is 6.92. The first-order valence-corrected chi connectivity index (χ1v) is 8.63. The summed E-state index contributed by atoms with van der Waals surface area (Å²) in [5.41, 5.74) is 1.94. The third-order valence-electron chi connectivity index (χ3n) is 4.31. The second kappa shape index (κ2) is 6.04. The van der Waals surface area contributed by atoms with Crippen molar-refractivity contribution in [3.05, 3.63) is 35.5 Å². The summed E-state index contributed by atoms with van der Waals surface area (Å²) < 4.78 is 29.1. The Kier molecular flexibility index (Phi) is 3.90. The molecule has 3 aromatic rings. The van der Waals surface area contributed by atoms with Crippen molar-refractivity contribution in [1.29, 1.82) is 0 Å². The number of pyridine rings is 1. The topological polar surface area (TPSA) is 85.6 Å². The van der Waals surface area contributed by atoms with E-state index in [4.69, 9.17) is 0 Å². The van der Waals surface area contributed by atoms with Gasteiger partial charge in [-0.3, -0.25) is 4.79 Å². The molecule has 1 N–H and O–H groups in total. The minimum Gasteiger partial charge on any atom is -0.311 e. The van der Waals surface area contributed by atoms with Crippen LogP contribution in [0, 0.1) is 6.92 Å². The SMILES string of the molecule is CC(=O)Nc1cc2c(cn1)c(C1CC1)nn2-c1cc(C)nc(C(C)(F)F)n1. The Balaban J connectivity index is 1.93. The molecular formula is C18H18F2N6O. The summed E-state index contributed by atoms with van der Waals surface area (Å²) in [7, 11) is 0. The number of nitrogens with zero attached hydrogens (tertiary/aromatic N) is 5. The molecule has 0 aromatic carbocycles. The molecule has 0 unspecified atom stereocenters. The highest BCUT2D eigenvalue weighted by molar-refractivity contribution is 5.91. The summed E-state index contributed by atoms with van der Waals surface area (Å²) in [5, 5.41) is 8.09. The molecule has 1 amide bonds. The Morgan fingerprint density at radius 1 is 1.30 bits per heavy atom.